The Morgan fingerprint density at radius 2 is 1.24 bits per heavy atom. The average molecular weight is 227 g/mol. The van der Waals surface area contributed by atoms with Gasteiger partial charge in [-0.05, 0) is 22.3 Å². The molecule has 0 radical (unpaired) electrons. The first-order valence-electron chi connectivity index (χ1n) is 5.99. The molecule has 2 N–H and O–H groups in total. The van der Waals surface area contributed by atoms with Gasteiger partial charge in [-0.2, -0.15) is 5.48 Å². The zero-order valence-electron chi connectivity index (χ0n) is 10.1. The summed E-state index contributed by atoms with van der Waals surface area (Å²) in [5.41, 5.74) is 7.07. The van der Waals surface area contributed by atoms with Gasteiger partial charge in [0.05, 0.1) is 6.04 Å². The topological polar surface area (TPSA) is 32.3 Å². The molecular weight excluding hydrogens is 210 g/mol. The number of benzene rings is 2. The van der Waals surface area contributed by atoms with Gasteiger partial charge in [0, 0.05) is 0 Å². The first kappa shape index (κ1) is 11.8. The highest BCUT2D eigenvalue weighted by molar-refractivity contribution is 5.78. The predicted octanol–water partition coefficient (Wildman–Crippen LogP) is 3.76. The summed E-state index contributed by atoms with van der Waals surface area (Å²) in [6, 6.07) is 16.2. The molecule has 0 amide bonds. The van der Waals surface area contributed by atoms with Crippen LogP contribution in [0, 0.1) is 0 Å². The SMILES string of the molecule is CC.ONC1c2ccccc2-c2ccccc21. The summed E-state index contributed by atoms with van der Waals surface area (Å²) in [6.45, 7) is 4.00. The van der Waals surface area contributed by atoms with E-state index >= 15 is 0 Å². The first-order chi connectivity index (χ1) is 8.42. The maximum atomic E-state index is 9.21. The molecule has 0 heterocycles. The lowest BCUT2D eigenvalue weighted by Crippen LogP contribution is -2.15. The summed E-state index contributed by atoms with van der Waals surface area (Å²) in [6.07, 6.45) is 0. The number of nitrogens with one attached hydrogen (secondary N) is 1. The van der Waals surface area contributed by atoms with Crippen LogP contribution in [0.15, 0.2) is 48.5 Å². The number of hydrogen-bond acceptors (Lipinski definition) is 2. The molecule has 88 valence electrons. The van der Waals surface area contributed by atoms with E-state index in [1.54, 1.807) is 0 Å². The molecule has 1 aliphatic rings. The van der Waals surface area contributed by atoms with Crippen LogP contribution in [0.5, 0.6) is 0 Å². The van der Waals surface area contributed by atoms with E-state index in [0.29, 0.717) is 0 Å². The fraction of sp³-hybridized carbons (Fsp3) is 0.200. The van der Waals surface area contributed by atoms with E-state index in [1.807, 2.05) is 50.2 Å². The Morgan fingerprint density at radius 3 is 1.65 bits per heavy atom. The minimum Gasteiger partial charge on any atom is -0.316 e. The second-order valence-corrected chi connectivity index (χ2v) is 3.74. The Labute approximate surface area is 102 Å². The summed E-state index contributed by atoms with van der Waals surface area (Å²) in [5, 5.41) is 9.21. The summed E-state index contributed by atoms with van der Waals surface area (Å²) in [4.78, 5) is 0. The Balaban J connectivity index is 0.000000514. The van der Waals surface area contributed by atoms with Crippen LogP contribution < -0.4 is 5.48 Å². The third kappa shape index (κ3) is 1.86. The van der Waals surface area contributed by atoms with Gasteiger partial charge in [0.15, 0.2) is 0 Å². The van der Waals surface area contributed by atoms with Crippen LogP contribution in [0.4, 0.5) is 0 Å². The molecule has 2 heteroatoms. The lowest BCUT2D eigenvalue weighted by Gasteiger charge is -2.09. The molecule has 17 heavy (non-hydrogen) atoms. The molecular formula is C15H17NO. The van der Waals surface area contributed by atoms with Gasteiger partial charge in [-0.1, -0.05) is 62.4 Å². The Morgan fingerprint density at radius 1 is 0.824 bits per heavy atom. The van der Waals surface area contributed by atoms with Crippen LogP contribution in [-0.4, -0.2) is 5.21 Å². The standard InChI is InChI=1S/C13H11NO.C2H6/c15-14-13-11-7-3-1-5-9(11)10-6-2-4-8-12(10)13;1-2/h1-8,13-15H;1-2H3. The molecule has 0 spiro atoms. The summed E-state index contributed by atoms with van der Waals surface area (Å²) >= 11 is 0. The monoisotopic (exact) mass is 227 g/mol. The van der Waals surface area contributed by atoms with E-state index in [-0.39, 0.29) is 6.04 Å². The minimum absolute atomic E-state index is 0.0857. The molecule has 0 aromatic heterocycles. The van der Waals surface area contributed by atoms with E-state index in [1.165, 1.54) is 11.1 Å². The smallest absolute Gasteiger partial charge is 0.0831 e. The normalized spacial score (nSPS) is 12.4. The molecule has 0 atom stereocenters. The second-order valence-electron chi connectivity index (χ2n) is 3.74. The number of rotatable bonds is 1. The van der Waals surface area contributed by atoms with Crippen molar-refractivity contribution in [2.24, 2.45) is 0 Å². The third-order valence-electron chi connectivity index (χ3n) is 2.96. The highest BCUT2D eigenvalue weighted by Crippen LogP contribution is 2.42. The van der Waals surface area contributed by atoms with Crippen LogP contribution in [0.1, 0.15) is 31.0 Å². The van der Waals surface area contributed by atoms with Crippen molar-refractivity contribution in [3.05, 3.63) is 59.7 Å². The van der Waals surface area contributed by atoms with Crippen LogP contribution in [0.25, 0.3) is 11.1 Å². The van der Waals surface area contributed by atoms with Crippen molar-refractivity contribution >= 4 is 0 Å². The summed E-state index contributed by atoms with van der Waals surface area (Å²) < 4.78 is 0. The highest BCUT2D eigenvalue weighted by Gasteiger charge is 2.26. The number of hydroxylamine groups is 1. The number of fused-ring (bicyclic) bond motifs is 3. The van der Waals surface area contributed by atoms with Crippen molar-refractivity contribution in [2.45, 2.75) is 19.9 Å². The van der Waals surface area contributed by atoms with Gasteiger partial charge in [-0.15, -0.1) is 0 Å². The van der Waals surface area contributed by atoms with Crippen molar-refractivity contribution in [3.63, 3.8) is 0 Å². The Kier molecular flexibility index (Phi) is 3.57. The molecule has 0 saturated carbocycles. The lowest BCUT2D eigenvalue weighted by atomic mass is 10.1. The average Bonchev–Trinajstić information content (AvgIpc) is 2.75. The van der Waals surface area contributed by atoms with Crippen molar-refractivity contribution in [3.8, 4) is 11.1 Å². The first-order valence-corrected chi connectivity index (χ1v) is 5.99. The van der Waals surface area contributed by atoms with Gasteiger partial charge in [0.2, 0.25) is 0 Å². The second kappa shape index (κ2) is 5.13. The van der Waals surface area contributed by atoms with Crippen LogP contribution in [0.2, 0.25) is 0 Å². The lowest BCUT2D eigenvalue weighted by molar-refractivity contribution is 0.142. The number of hydrogen-bond donors (Lipinski definition) is 2. The predicted molar refractivity (Wildman–Crippen MR) is 70.0 cm³/mol. The van der Waals surface area contributed by atoms with Gasteiger partial charge in [0.25, 0.3) is 0 Å². The van der Waals surface area contributed by atoms with Gasteiger partial charge in [-0.25, -0.2) is 0 Å². The quantitative estimate of drug-likeness (QED) is 0.727. The van der Waals surface area contributed by atoms with E-state index in [0.717, 1.165) is 11.1 Å². The van der Waals surface area contributed by atoms with Gasteiger partial charge in [-0.3, -0.25) is 0 Å². The maximum absolute atomic E-state index is 9.21. The molecule has 0 bridgehead atoms. The van der Waals surface area contributed by atoms with Gasteiger partial charge < -0.3 is 5.21 Å². The third-order valence-corrected chi connectivity index (χ3v) is 2.96. The molecule has 2 nitrogen and oxygen atoms in total. The van der Waals surface area contributed by atoms with E-state index < -0.39 is 0 Å². The fourth-order valence-electron chi connectivity index (χ4n) is 2.29. The van der Waals surface area contributed by atoms with E-state index in [4.69, 9.17) is 0 Å². The van der Waals surface area contributed by atoms with Crippen molar-refractivity contribution in [1.29, 1.82) is 0 Å². The Bertz CT molecular complexity index is 462. The largest absolute Gasteiger partial charge is 0.316 e. The molecule has 1 aliphatic carbocycles. The Hall–Kier alpha value is -1.64. The molecule has 0 saturated heterocycles. The van der Waals surface area contributed by atoms with Crippen molar-refractivity contribution in [1.82, 2.24) is 5.48 Å². The van der Waals surface area contributed by atoms with E-state index in [2.05, 4.69) is 17.6 Å². The highest BCUT2D eigenvalue weighted by atomic mass is 16.5. The maximum Gasteiger partial charge on any atom is 0.0831 e. The summed E-state index contributed by atoms with van der Waals surface area (Å²) in [7, 11) is 0. The van der Waals surface area contributed by atoms with E-state index in [9.17, 15) is 5.21 Å². The molecule has 2 aromatic carbocycles. The van der Waals surface area contributed by atoms with Gasteiger partial charge in [0.1, 0.15) is 0 Å². The molecule has 0 fully saturated rings. The fourth-order valence-corrected chi connectivity index (χ4v) is 2.29. The summed E-state index contributed by atoms with van der Waals surface area (Å²) in [5.74, 6) is 0. The molecule has 0 aliphatic heterocycles. The van der Waals surface area contributed by atoms with Crippen LogP contribution >= 0.6 is 0 Å². The van der Waals surface area contributed by atoms with Crippen LogP contribution in [-0.2, 0) is 0 Å². The molecule has 3 rings (SSSR count). The zero-order chi connectivity index (χ0) is 12.3. The van der Waals surface area contributed by atoms with Crippen molar-refractivity contribution < 1.29 is 5.21 Å². The molecule has 0 unspecified atom stereocenters. The zero-order valence-corrected chi connectivity index (χ0v) is 10.1. The van der Waals surface area contributed by atoms with Crippen molar-refractivity contribution in [2.75, 3.05) is 0 Å². The minimum atomic E-state index is -0.0857. The van der Waals surface area contributed by atoms with Crippen LogP contribution in [0.3, 0.4) is 0 Å². The molecule has 2 aromatic rings. The van der Waals surface area contributed by atoms with Gasteiger partial charge >= 0.3 is 0 Å².